The van der Waals surface area contributed by atoms with E-state index in [4.69, 9.17) is 11.5 Å². The Morgan fingerprint density at radius 3 is 2.55 bits per heavy atom. The van der Waals surface area contributed by atoms with E-state index < -0.39 is 0 Å². The number of nitrogens with one attached hydrogen (secondary N) is 2. The van der Waals surface area contributed by atoms with E-state index in [-0.39, 0.29) is 0 Å². The second-order valence-electron chi connectivity index (χ2n) is 2.79. The second kappa shape index (κ2) is 7.94. The topological polar surface area (TPSA) is 76.1 Å². The third-order valence-corrected chi connectivity index (χ3v) is 1.48. The minimum Gasteiger partial charge on any atom is -0.330 e. The lowest BCUT2D eigenvalue weighted by molar-refractivity contribution is 0.452. The molecule has 68 valence electrons. The molecule has 4 heteroatoms. The van der Waals surface area contributed by atoms with Gasteiger partial charge in [0.05, 0.1) is 0 Å². The van der Waals surface area contributed by atoms with E-state index in [1.807, 2.05) is 0 Å². The van der Waals surface area contributed by atoms with Crippen molar-refractivity contribution in [2.24, 2.45) is 17.4 Å². The quantitative estimate of drug-likeness (QED) is 0.285. The SMILES string of the molecule is CC(CN)CNNCCCN. The molecular formula is C7H20N4. The normalized spacial score (nSPS) is 13.4. The Morgan fingerprint density at radius 2 is 2.00 bits per heavy atom. The highest BCUT2D eigenvalue weighted by atomic mass is 15.3. The van der Waals surface area contributed by atoms with Gasteiger partial charge in [0, 0.05) is 13.1 Å². The lowest BCUT2D eigenvalue weighted by Gasteiger charge is -2.10. The minimum absolute atomic E-state index is 0.528. The van der Waals surface area contributed by atoms with E-state index in [0.717, 1.165) is 32.6 Å². The maximum Gasteiger partial charge on any atom is 0.0137 e. The van der Waals surface area contributed by atoms with Crippen LogP contribution in [0.1, 0.15) is 13.3 Å². The fourth-order valence-corrected chi connectivity index (χ4v) is 0.609. The molecule has 0 bridgehead atoms. The van der Waals surface area contributed by atoms with Gasteiger partial charge in [-0.25, -0.2) is 0 Å². The van der Waals surface area contributed by atoms with Gasteiger partial charge < -0.3 is 11.5 Å². The van der Waals surface area contributed by atoms with Gasteiger partial charge in [0.15, 0.2) is 0 Å². The molecule has 0 amide bonds. The first-order chi connectivity index (χ1) is 5.31. The number of nitrogens with two attached hydrogens (primary N) is 2. The second-order valence-corrected chi connectivity index (χ2v) is 2.79. The molecule has 0 radical (unpaired) electrons. The van der Waals surface area contributed by atoms with Crippen molar-refractivity contribution in [1.82, 2.24) is 10.9 Å². The Morgan fingerprint density at radius 1 is 1.27 bits per heavy atom. The van der Waals surface area contributed by atoms with Crippen LogP contribution < -0.4 is 22.3 Å². The highest BCUT2D eigenvalue weighted by molar-refractivity contribution is 4.54. The minimum atomic E-state index is 0.528. The Labute approximate surface area is 68.7 Å². The van der Waals surface area contributed by atoms with Gasteiger partial charge in [0.25, 0.3) is 0 Å². The third kappa shape index (κ3) is 7.74. The Balaban J connectivity index is 2.89. The van der Waals surface area contributed by atoms with Crippen LogP contribution in [0.2, 0.25) is 0 Å². The van der Waals surface area contributed by atoms with E-state index >= 15 is 0 Å². The van der Waals surface area contributed by atoms with Gasteiger partial charge in [0.2, 0.25) is 0 Å². The van der Waals surface area contributed by atoms with Crippen LogP contribution in [0.15, 0.2) is 0 Å². The van der Waals surface area contributed by atoms with Crippen LogP contribution in [0.25, 0.3) is 0 Å². The molecule has 1 unspecified atom stereocenters. The van der Waals surface area contributed by atoms with Gasteiger partial charge in [0.1, 0.15) is 0 Å². The van der Waals surface area contributed by atoms with Crippen molar-refractivity contribution in [2.45, 2.75) is 13.3 Å². The van der Waals surface area contributed by atoms with Crippen LogP contribution in [0.4, 0.5) is 0 Å². The van der Waals surface area contributed by atoms with E-state index in [2.05, 4.69) is 17.8 Å². The lowest BCUT2D eigenvalue weighted by Crippen LogP contribution is -2.38. The van der Waals surface area contributed by atoms with Crippen LogP contribution in [-0.4, -0.2) is 26.2 Å². The highest BCUT2D eigenvalue weighted by Crippen LogP contribution is 1.84. The van der Waals surface area contributed by atoms with Crippen molar-refractivity contribution in [3.05, 3.63) is 0 Å². The summed E-state index contributed by atoms with van der Waals surface area (Å²) in [5.74, 6) is 0.528. The molecule has 0 spiro atoms. The number of rotatable bonds is 7. The molecule has 0 aromatic rings. The molecule has 0 rings (SSSR count). The van der Waals surface area contributed by atoms with E-state index in [1.165, 1.54) is 0 Å². The Kier molecular flexibility index (Phi) is 7.83. The molecule has 0 aliphatic rings. The standard InChI is InChI=1S/C7H20N4/c1-7(5-9)6-11-10-4-2-3-8/h7,10-11H,2-6,8-9H2,1H3. The first-order valence-electron chi connectivity index (χ1n) is 4.17. The molecular weight excluding hydrogens is 140 g/mol. The summed E-state index contributed by atoms with van der Waals surface area (Å²) in [5.41, 5.74) is 16.9. The van der Waals surface area contributed by atoms with Gasteiger partial charge in [-0.05, 0) is 25.4 Å². The zero-order chi connectivity index (χ0) is 8.53. The van der Waals surface area contributed by atoms with Gasteiger partial charge in [-0.15, -0.1) is 0 Å². The molecule has 0 aliphatic heterocycles. The zero-order valence-corrected chi connectivity index (χ0v) is 7.27. The van der Waals surface area contributed by atoms with E-state index in [0.29, 0.717) is 5.92 Å². The smallest absolute Gasteiger partial charge is 0.0137 e. The van der Waals surface area contributed by atoms with Crippen molar-refractivity contribution in [1.29, 1.82) is 0 Å². The van der Waals surface area contributed by atoms with Gasteiger partial charge in [-0.3, -0.25) is 10.9 Å². The summed E-state index contributed by atoms with van der Waals surface area (Å²) in [4.78, 5) is 0. The molecule has 0 aromatic heterocycles. The molecule has 0 saturated carbocycles. The Bertz CT molecular complexity index is 76.8. The van der Waals surface area contributed by atoms with Gasteiger partial charge >= 0.3 is 0 Å². The van der Waals surface area contributed by atoms with E-state index in [9.17, 15) is 0 Å². The van der Waals surface area contributed by atoms with Crippen LogP contribution in [-0.2, 0) is 0 Å². The van der Waals surface area contributed by atoms with Gasteiger partial charge in [-0.1, -0.05) is 6.92 Å². The van der Waals surface area contributed by atoms with Crippen LogP contribution in [0, 0.1) is 5.92 Å². The predicted octanol–water partition coefficient (Wildman–Crippen LogP) is -0.976. The molecule has 0 aromatic carbocycles. The molecule has 0 heterocycles. The zero-order valence-electron chi connectivity index (χ0n) is 7.27. The van der Waals surface area contributed by atoms with Crippen LogP contribution in [0.3, 0.4) is 0 Å². The monoisotopic (exact) mass is 160 g/mol. The molecule has 6 N–H and O–H groups in total. The average molecular weight is 160 g/mol. The summed E-state index contributed by atoms with van der Waals surface area (Å²) in [6, 6.07) is 0. The van der Waals surface area contributed by atoms with Crippen LogP contribution in [0.5, 0.6) is 0 Å². The summed E-state index contributed by atoms with van der Waals surface area (Å²) in [6.45, 7) is 5.42. The Hall–Kier alpha value is -0.160. The predicted molar refractivity (Wildman–Crippen MR) is 47.9 cm³/mol. The fraction of sp³-hybridized carbons (Fsp3) is 1.00. The molecule has 0 aliphatic carbocycles. The fourth-order valence-electron chi connectivity index (χ4n) is 0.609. The first-order valence-corrected chi connectivity index (χ1v) is 4.17. The van der Waals surface area contributed by atoms with Crippen molar-refractivity contribution in [2.75, 3.05) is 26.2 Å². The number of hydrazine groups is 1. The largest absolute Gasteiger partial charge is 0.330 e. The average Bonchev–Trinajstić information content (AvgIpc) is 2.04. The lowest BCUT2D eigenvalue weighted by atomic mass is 10.2. The molecule has 4 nitrogen and oxygen atoms in total. The van der Waals surface area contributed by atoms with E-state index in [1.54, 1.807) is 0 Å². The molecule has 0 fully saturated rings. The van der Waals surface area contributed by atoms with Crippen molar-refractivity contribution in [3.63, 3.8) is 0 Å². The summed E-state index contributed by atoms with van der Waals surface area (Å²) in [5, 5.41) is 0. The number of hydrogen-bond acceptors (Lipinski definition) is 4. The first kappa shape index (κ1) is 10.8. The summed E-state index contributed by atoms with van der Waals surface area (Å²) >= 11 is 0. The number of hydrogen-bond donors (Lipinski definition) is 4. The van der Waals surface area contributed by atoms with Crippen molar-refractivity contribution >= 4 is 0 Å². The summed E-state index contributed by atoms with van der Waals surface area (Å²) < 4.78 is 0. The van der Waals surface area contributed by atoms with Crippen LogP contribution >= 0.6 is 0 Å². The molecule has 11 heavy (non-hydrogen) atoms. The van der Waals surface area contributed by atoms with Gasteiger partial charge in [-0.2, -0.15) is 0 Å². The maximum atomic E-state index is 5.43. The maximum absolute atomic E-state index is 5.43. The third-order valence-electron chi connectivity index (χ3n) is 1.48. The molecule has 0 saturated heterocycles. The summed E-state index contributed by atoms with van der Waals surface area (Å²) in [7, 11) is 0. The van der Waals surface area contributed by atoms with Crippen molar-refractivity contribution in [3.8, 4) is 0 Å². The highest BCUT2D eigenvalue weighted by Gasteiger charge is 1.95. The molecule has 1 atom stereocenters. The van der Waals surface area contributed by atoms with Crippen molar-refractivity contribution < 1.29 is 0 Å². The summed E-state index contributed by atoms with van der Waals surface area (Å²) in [6.07, 6.45) is 1.00.